The van der Waals surface area contributed by atoms with E-state index in [1.165, 1.54) is 17.2 Å². The number of rotatable bonds is 8. The Morgan fingerprint density at radius 1 is 1.28 bits per heavy atom. The summed E-state index contributed by atoms with van der Waals surface area (Å²) in [4.78, 5) is 37.9. The maximum atomic E-state index is 13.3. The van der Waals surface area contributed by atoms with Crippen LogP contribution in [0.25, 0.3) is 0 Å². The Balaban J connectivity index is 1.55. The van der Waals surface area contributed by atoms with Gasteiger partial charge in [0.2, 0.25) is 0 Å². The molecule has 2 aromatic heterocycles. The maximum Gasteiger partial charge on any atom is 0.391 e. The van der Waals surface area contributed by atoms with Gasteiger partial charge in [0.05, 0.1) is 30.4 Å². The molecule has 2 aliphatic heterocycles. The summed E-state index contributed by atoms with van der Waals surface area (Å²) in [5, 5.41) is 21.3. The quantitative estimate of drug-likeness (QED) is 0.470. The number of urea groups is 1. The molecule has 0 aromatic carbocycles. The van der Waals surface area contributed by atoms with Crippen molar-refractivity contribution in [3.8, 4) is 0 Å². The normalized spacial score (nSPS) is 18.6. The molecular formula is C24H28F3N5O4. The number of anilines is 3. The highest BCUT2D eigenvalue weighted by Gasteiger charge is 2.41. The molecule has 36 heavy (non-hydrogen) atoms. The van der Waals surface area contributed by atoms with Gasteiger partial charge in [0, 0.05) is 25.7 Å². The third-order valence-corrected chi connectivity index (χ3v) is 6.54. The Bertz CT molecular complexity index is 1130. The van der Waals surface area contributed by atoms with Crippen LogP contribution in [0.15, 0.2) is 30.5 Å². The molecule has 0 saturated carbocycles. The van der Waals surface area contributed by atoms with Gasteiger partial charge in [0.25, 0.3) is 0 Å². The van der Waals surface area contributed by atoms with Crippen LogP contribution in [0.2, 0.25) is 0 Å². The van der Waals surface area contributed by atoms with E-state index in [1.807, 2.05) is 4.90 Å². The highest BCUT2D eigenvalue weighted by atomic mass is 19.4. The number of nitrogens with zero attached hydrogens (tertiary/aromatic N) is 4. The van der Waals surface area contributed by atoms with Crippen molar-refractivity contribution >= 4 is 29.1 Å². The fourth-order valence-corrected chi connectivity index (χ4v) is 4.42. The fourth-order valence-electron chi connectivity index (χ4n) is 4.42. The van der Waals surface area contributed by atoms with Crippen LogP contribution in [-0.4, -0.2) is 70.0 Å². The van der Waals surface area contributed by atoms with Crippen LogP contribution < -0.4 is 15.1 Å². The van der Waals surface area contributed by atoms with Crippen molar-refractivity contribution in [1.82, 2.24) is 9.97 Å². The van der Waals surface area contributed by atoms with Crippen molar-refractivity contribution in [2.45, 2.75) is 50.9 Å². The average Bonchev–Trinajstić information content (AvgIpc) is 3.25. The smallest absolute Gasteiger partial charge is 0.391 e. The van der Waals surface area contributed by atoms with Gasteiger partial charge < -0.3 is 15.1 Å². The van der Waals surface area contributed by atoms with E-state index in [-0.39, 0.29) is 30.0 Å². The third-order valence-electron chi connectivity index (χ3n) is 6.54. The number of fused-ring (bicyclic) bond motifs is 4. The summed E-state index contributed by atoms with van der Waals surface area (Å²) in [7, 11) is 0. The molecule has 194 valence electrons. The molecule has 2 aliphatic rings. The van der Waals surface area contributed by atoms with Gasteiger partial charge in [0.1, 0.15) is 11.5 Å². The minimum atomic E-state index is -4.49. The van der Waals surface area contributed by atoms with Crippen LogP contribution in [0.5, 0.6) is 0 Å². The lowest BCUT2D eigenvalue weighted by Gasteiger charge is -2.35. The number of hydrogen-bond acceptors (Lipinski definition) is 7. The van der Waals surface area contributed by atoms with Gasteiger partial charge in [-0.05, 0) is 49.1 Å². The molecule has 3 atom stereocenters. The maximum absolute atomic E-state index is 13.3. The van der Waals surface area contributed by atoms with E-state index in [0.717, 1.165) is 12.5 Å². The van der Waals surface area contributed by atoms with Gasteiger partial charge in [-0.2, -0.15) is 13.2 Å². The first kappa shape index (κ1) is 25.8. The molecular weight excluding hydrogens is 479 g/mol. The Labute approximate surface area is 206 Å². The number of halogens is 3. The first-order chi connectivity index (χ1) is 17.1. The molecule has 4 heterocycles. The van der Waals surface area contributed by atoms with Crippen molar-refractivity contribution in [3.05, 3.63) is 41.7 Å². The summed E-state index contributed by atoms with van der Waals surface area (Å²) < 4.78 is 38.8. The Morgan fingerprint density at radius 2 is 2.06 bits per heavy atom. The zero-order valence-electron chi connectivity index (χ0n) is 19.7. The molecule has 1 saturated heterocycles. The monoisotopic (exact) mass is 507 g/mol. The Hall–Kier alpha value is -3.25. The van der Waals surface area contributed by atoms with E-state index in [1.54, 1.807) is 18.2 Å². The summed E-state index contributed by atoms with van der Waals surface area (Å²) in [6.07, 6.45) is -3.04. The predicted octanol–water partition coefficient (Wildman–Crippen LogP) is 3.16. The summed E-state index contributed by atoms with van der Waals surface area (Å²) >= 11 is 0. The molecule has 4 rings (SSSR count). The second-order valence-corrected chi connectivity index (χ2v) is 9.22. The molecule has 0 aliphatic carbocycles. The molecule has 12 heteroatoms. The zero-order chi connectivity index (χ0) is 26.0. The lowest BCUT2D eigenvalue weighted by Crippen LogP contribution is -2.48. The predicted molar refractivity (Wildman–Crippen MR) is 126 cm³/mol. The van der Waals surface area contributed by atoms with Gasteiger partial charge in [-0.3, -0.25) is 15.0 Å². The molecule has 0 spiro atoms. The highest BCUT2D eigenvalue weighted by molar-refractivity contribution is 6.05. The van der Waals surface area contributed by atoms with Gasteiger partial charge >= 0.3 is 12.2 Å². The van der Waals surface area contributed by atoms with Gasteiger partial charge in [-0.25, -0.2) is 14.8 Å². The van der Waals surface area contributed by atoms with Crippen LogP contribution in [0.4, 0.5) is 35.3 Å². The Kier molecular flexibility index (Phi) is 7.46. The standard InChI is InChI=1S/C24H28F3N5O4/c1-14(24(25,26)27)10-20(35)18-4-5-19-22(29-18)32(16-7-9-31(19)12-16)23(36)30-21-11-15(6-8-28-21)2-3-17(34)13-33/h4-6,8,11,14,16-17,33-34H,2-3,7,9-10,12-13H2,1H3,(H,28,30,36)/t14-,16-,17+/m0/s1. The number of carbonyl (C=O) groups excluding carboxylic acids is 2. The number of aryl methyl sites for hydroxylation is 1. The van der Waals surface area contributed by atoms with E-state index < -0.39 is 36.4 Å². The van der Waals surface area contributed by atoms with Crippen molar-refractivity contribution in [1.29, 1.82) is 0 Å². The molecule has 2 aromatic rings. The first-order valence-corrected chi connectivity index (χ1v) is 11.8. The lowest BCUT2D eigenvalue weighted by molar-refractivity contribution is -0.168. The largest absolute Gasteiger partial charge is 0.394 e. The van der Waals surface area contributed by atoms with Gasteiger partial charge in [-0.1, -0.05) is 6.92 Å². The first-order valence-electron chi connectivity index (χ1n) is 11.8. The zero-order valence-corrected chi connectivity index (χ0v) is 19.7. The summed E-state index contributed by atoms with van der Waals surface area (Å²) in [6.45, 7) is 1.87. The molecule has 2 amide bonds. The number of alkyl halides is 3. The number of nitrogens with one attached hydrogen (secondary N) is 1. The number of aromatic nitrogens is 2. The average molecular weight is 508 g/mol. The molecule has 1 fully saturated rings. The third kappa shape index (κ3) is 5.59. The van der Waals surface area contributed by atoms with Crippen LogP contribution in [-0.2, 0) is 6.42 Å². The number of Topliss-reactive ketones (excluding diaryl/α,β-unsaturated/α-hetero) is 1. The van der Waals surface area contributed by atoms with Crippen LogP contribution in [0.1, 0.15) is 42.2 Å². The molecule has 0 radical (unpaired) electrons. The molecule has 0 unspecified atom stereocenters. The van der Waals surface area contributed by atoms with Crippen molar-refractivity contribution in [2.24, 2.45) is 5.92 Å². The van der Waals surface area contributed by atoms with Crippen LogP contribution in [0.3, 0.4) is 0 Å². The van der Waals surface area contributed by atoms with E-state index in [0.29, 0.717) is 38.0 Å². The number of ketones is 1. The number of pyridine rings is 2. The number of aliphatic hydroxyl groups is 2. The number of carbonyl (C=O) groups is 2. The minimum Gasteiger partial charge on any atom is -0.394 e. The fraction of sp³-hybridized carbons (Fsp3) is 0.500. The van der Waals surface area contributed by atoms with Crippen molar-refractivity contribution in [3.63, 3.8) is 0 Å². The van der Waals surface area contributed by atoms with Crippen molar-refractivity contribution in [2.75, 3.05) is 34.8 Å². The van der Waals surface area contributed by atoms with E-state index in [4.69, 9.17) is 5.11 Å². The second kappa shape index (κ2) is 10.4. The van der Waals surface area contributed by atoms with E-state index in [9.17, 15) is 27.9 Å². The molecule has 2 bridgehead atoms. The molecule has 3 N–H and O–H groups in total. The summed E-state index contributed by atoms with van der Waals surface area (Å²) in [6, 6.07) is 5.72. The number of aliphatic hydroxyl groups excluding tert-OH is 2. The van der Waals surface area contributed by atoms with Gasteiger partial charge in [0.15, 0.2) is 11.6 Å². The van der Waals surface area contributed by atoms with E-state index in [2.05, 4.69) is 15.3 Å². The van der Waals surface area contributed by atoms with Crippen LogP contribution in [0, 0.1) is 5.92 Å². The van der Waals surface area contributed by atoms with Crippen molar-refractivity contribution < 1.29 is 33.0 Å². The minimum absolute atomic E-state index is 0.118. The Morgan fingerprint density at radius 3 is 2.78 bits per heavy atom. The highest BCUT2D eigenvalue weighted by Crippen LogP contribution is 2.39. The molecule has 9 nitrogen and oxygen atoms in total. The lowest BCUT2D eigenvalue weighted by atomic mass is 10.0. The van der Waals surface area contributed by atoms with E-state index >= 15 is 0 Å². The second-order valence-electron chi connectivity index (χ2n) is 9.22. The van der Waals surface area contributed by atoms with Gasteiger partial charge in [-0.15, -0.1) is 0 Å². The summed E-state index contributed by atoms with van der Waals surface area (Å²) in [5.74, 6) is -2.03. The summed E-state index contributed by atoms with van der Waals surface area (Å²) in [5.41, 5.74) is 1.33. The SMILES string of the molecule is C[C@@H](CC(=O)c1ccc2c(n1)N(C(=O)Nc1cc(CC[C@@H](O)CO)ccn1)[C@H]1CCN2C1)C(F)(F)F. The topological polar surface area (TPSA) is 119 Å². The number of amides is 2. The van der Waals surface area contributed by atoms with Crippen LogP contribution >= 0.6 is 0 Å². The number of hydrogen-bond donors (Lipinski definition) is 3.